The van der Waals surface area contributed by atoms with E-state index in [2.05, 4.69) is 4.90 Å². The van der Waals surface area contributed by atoms with Gasteiger partial charge in [0, 0.05) is 32.2 Å². The Morgan fingerprint density at radius 1 is 1.19 bits per heavy atom. The molecule has 16 heavy (non-hydrogen) atoms. The minimum atomic E-state index is -0.194. The SMILES string of the molecule is COC(=O)N1CCC(N2CCOCC2)CC1. The van der Waals surface area contributed by atoms with Crippen LogP contribution in [0.1, 0.15) is 12.8 Å². The first-order valence-corrected chi connectivity index (χ1v) is 5.96. The van der Waals surface area contributed by atoms with E-state index in [4.69, 9.17) is 9.47 Å². The molecule has 0 saturated carbocycles. The Morgan fingerprint density at radius 2 is 1.81 bits per heavy atom. The number of likely N-dealkylation sites (tertiary alicyclic amines) is 1. The van der Waals surface area contributed by atoms with Crippen molar-refractivity contribution in [3.05, 3.63) is 0 Å². The molecule has 0 spiro atoms. The van der Waals surface area contributed by atoms with E-state index in [1.165, 1.54) is 7.11 Å². The number of morpholine rings is 1. The number of carbonyl (C=O) groups excluding carboxylic acids is 1. The van der Waals surface area contributed by atoms with Crippen molar-refractivity contribution in [3.63, 3.8) is 0 Å². The first kappa shape index (κ1) is 11.7. The number of carbonyl (C=O) groups is 1. The van der Waals surface area contributed by atoms with Crippen molar-refractivity contribution in [2.75, 3.05) is 46.5 Å². The van der Waals surface area contributed by atoms with Gasteiger partial charge in [0.05, 0.1) is 20.3 Å². The van der Waals surface area contributed by atoms with Crippen LogP contribution in [0.3, 0.4) is 0 Å². The quantitative estimate of drug-likeness (QED) is 0.657. The molecule has 5 heteroatoms. The molecule has 0 atom stereocenters. The number of ether oxygens (including phenoxy) is 2. The van der Waals surface area contributed by atoms with E-state index < -0.39 is 0 Å². The third kappa shape index (κ3) is 2.65. The Hall–Kier alpha value is -0.810. The molecule has 92 valence electrons. The Balaban J connectivity index is 1.78. The molecule has 2 aliphatic heterocycles. The fourth-order valence-electron chi connectivity index (χ4n) is 2.49. The van der Waals surface area contributed by atoms with Gasteiger partial charge in [-0.1, -0.05) is 0 Å². The molecular formula is C11H20N2O3. The third-order valence-electron chi connectivity index (χ3n) is 3.46. The average Bonchev–Trinajstić information content (AvgIpc) is 2.39. The van der Waals surface area contributed by atoms with E-state index in [0.29, 0.717) is 6.04 Å². The van der Waals surface area contributed by atoms with E-state index in [9.17, 15) is 4.79 Å². The van der Waals surface area contributed by atoms with Crippen LogP contribution in [0, 0.1) is 0 Å². The Labute approximate surface area is 96.3 Å². The van der Waals surface area contributed by atoms with Crippen molar-refractivity contribution in [3.8, 4) is 0 Å². The maximum absolute atomic E-state index is 11.3. The van der Waals surface area contributed by atoms with Gasteiger partial charge < -0.3 is 14.4 Å². The van der Waals surface area contributed by atoms with Crippen LogP contribution in [0.15, 0.2) is 0 Å². The van der Waals surface area contributed by atoms with Gasteiger partial charge >= 0.3 is 6.09 Å². The van der Waals surface area contributed by atoms with Gasteiger partial charge in [0.2, 0.25) is 0 Å². The first-order chi connectivity index (χ1) is 7.81. The molecule has 0 aromatic heterocycles. The highest BCUT2D eigenvalue weighted by Gasteiger charge is 2.27. The number of piperidine rings is 1. The van der Waals surface area contributed by atoms with E-state index in [1.54, 1.807) is 4.90 Å². The Morgan fingerprint density at radius 3 is 2.38 bits per heavy atom. The second-order valence-electron chi connectivity index (χ2n) is 4.34. The third-order valence-corrected chi connectivity index (χ3v) is 3.46. The van der Waals surface area contributed by atoms with Gasteiger partial charge in [0.1, 0.15) is 0 Å². The standard InChI is InChI=1S/C11H20N2O3/c1-15-11(14)13-4-2-10(3-5-13)12-6-8-16-9-7-12/h10H,2-9H2,1H3. The molecule has 5 nitrogen and oxygen atoms in total. The number of methoxy groups -OCH3 is 1. The van der Waals surface area contributed by atoms with Crippen molar-refractivity contribution in [1.82, 2.24) is 9.80 Å². The fourth-order valence-corrected chi connectivity index (χ4v) is 2.49. The Bertz CT molecular complexity index is 233. The number of rotatable bonds is 1. The first-order valence-electron chi connectivity index (χ1n) is 5.96. The van der Waals surface area contributed by atoms with Gasteiger partial charge in [-0.05, 0) is 12.8 Å². The van der Waals surface area contributed by atoms with Gasteiger partial charge in [0.25, 0.3) is 0 Å². The smallest absolute Gasteiger partial charge is 0.409 e. The van der Waals surface area contributed by atoms with Crippen molar-refractivity contribution in [2.24, 2.45) is 0 Å². The van der Waals surface area contributed by atoms with Gasteiger partial charge in [-0.25, -0.2) is 4.79 Å². The normalized spacial score (nSPS) is 24.4. The van der Waals surface area contributed by atoms with Crippen LogP contribution in [-0.2, 0) is 9.47 Å². The highest BCUT2D eigenvalue weighted by Crippen LogP contribution is 2.18. The molecule has 1 amide bonds. The molecular weight excluding hydrogens is 208 g/mol. The zero-order chi connectivity index (χ0) is 11.4. The van der Waals surface area contributed by atoms with Crippen LogP contribution in [0.2, 0.25) is 0 Å². The lowest BCUT2D eigenvalue weighted by atomic mass is 10.0. The summed E-state index contributed by atoms with van der Waals surface area (Å²) in [5.74, 6) is 0. The lowest BCUT2D eigenvalue weighted by Gasteiger charge is -2.39. The van der Waals surface area contributed by atoms with Crippen LogP contribution in [0.5, 0.6) is 0 Å². The van der Waals surface area contributed by atoms with E-state index >= 15 is 0 Å². The molecule has 2 heterocycles. The molecule has 0 radical (unpaired) electrons. The summed E-state index contributed by atoms with van der Waals surface area (Å²) in [5, 5.41) is 0. The van der Waals surface area contributed by atoms with E-state index in [0.717, 1.165) is 52.2 Å². The molecule has 2 saturated heterocycles. The minimum absolute atomic E-state index is 0.194. The fraction of sp³-hybridized carbons (Fsp3) is 0.909. The van der Waals surface area contributed by atoms with Crippen LogP contribution >= 0.6 is 0 Å². The second-order valence-corrected chi connectivity index (χ2v) is 4.34. The summed E-state index contributed by atoms with van der Waals surface area (Å²) >= 11 is 0. The molecule has 2 fully saturated rings. The van der Waals surface area contributed by atoms with Crippen molar-refractivity contribution < 1.29 is 14.3 Å². The maximum Gasteiger partial charge on any atom is 0.409 e. The molecule has 0 N–H and O–H groups in total. The average molecular weight is 228 g/mol. The van der Waals surface area contributed by atoms with Crippen LogP contribution in [-0.4, -0.2) is 68.4 Å². The predicted octanol–water partition coefficient (Wildman–Crippen LogP) is 0.549. The molecule has 2 aliphatic rings. The highest BCUT2D eigenvalue weighted by molar-refractivity contribution is 5.67. The number of hydrogen-bond acceptors (Lipinski definition) is 4. The minimum Gasteiger partial charge on any atom is -0.453 e. The lowest BCUT2D eigenvalue weighted by Crippen LogP contribution is -2.50. The predicted molar refractivity (Wildman–Crippen MR) is 59.4 cm³/mol. The van der Waals surface area contributed by atoms with Crippen molar-refractivity contribution in [2.45, 2.75) is 18.9 Å². The molecule has 2 rings (SSSR count). The highest BCUT2D eigenvalue weighted by atomic mass is 16.5. The second kappa shape index (κ2) is 5.50. The largest absolute Gasteiger partial charge is 0.453 e. The Kier molecular flexibility index (Phi) is 4.01. The monoisotopic (exact) mass is 228 g/mol. The topological polar surface area (TPSA) is 42.0 Å². The molecule has 0 aromatic rings. The molecule has 0 unspecified atom stereocenters. The lowest BCUT2D eigenvalue weighted by molar-refractivity contribution is 0.00122. The molecule has 0 aliphatic carbocycles. The van der Waals surface area contributed by atoms with Gasteiger partial charge in [0.15, 0.2) is 0 Å². The summed E-state index contributed by atoms with van der Waals surface area (Å²) in [4.78, 5) is 15.6. The van der Waals surface area contributed by atoms with Crippen molar-refractivity contribution >= 4 is 6.09 Å². The van der Waals surface area contributed by atoms with Crippen molar-refractivity contribution in [1.29, 1.82) is 0 Å². The summed E-state index contributed by atoms with van der Waals surface area (Å²) in [6, 6.07) is 0.616. The van der Waals surface area contributed by atoms with Crippen LogP contribution < -0.4 is 0 Å². The summed E-state index contributed by atoms with van der Waals surface area (Å²) in [6.07, 6.45) is 1.91. The summed E-state index contributed by atoms with van der Waals surface area (Å²) < 4.78 is 10.1. The summed E-state index contributed by atoms with van der Waals surface area (Å²) in [6.45, 7) is 5.38. The zero-order valence-corrected chi connectivity index (χ0v) is 9.85. The number of nitrogens with zero attached hydrogens (tertiary/aromatic N) is 2. The number of hydrogen-bond donors (Lipinski definition) is 0. The molecule has 0 aromatic carbocycles. The zero-order valence-electron chi connectivity index (χ0n) is 9.85. The summed E-state index contributed by atoms with van der Waals surface area (Å²) in [7, 11) is 1.44. The van der Waals surface area contributed by atoms with Crippen LogP contribution in [0.4, 0.5) is 4.79 Å². The maximum atomic E-state index is 11.3. The molecule has 0 bridgehead atoms. The van der Waals surface area contributed by atoms with E-state index in [-0.39, 0.29) is 6.09 Å². The summed E-state index contributed by atoms with van der Waals surface area (Å²) in [5.41, 5.74) is 0. The van der Waals surface area contributed by atoms with Gasteiger partial charge in [-0.3, -0.25) is 4.90 Å². The van der Waals surface area contributed by atoms with Gasteiger partial charge in [-0.15, -0.1) is 0 Å². The van der Waals surface area contributed by atoms with Gasteiger partial charge in [-0.2, -0.15) is 0 Å². The van der Waals surface area contributed by atoms with Crippen LogP contribution in [0.25, 0.3) is 0 Å². The number of amides is 1. The van der Waals surface area contributed by atoms with E-state index in [1.807, 2.05) is 0 Å².